The summed E-state index contributed by atoms with van der Waals surface area (Å²) in [5.41, 5.74) is 0. The maximum absolute atomic E-state index is 2.28. The minimum absolute atomic E-state index is 1.32. The Morgan fingerprint density at radius 3 is 2.33 bits per heavy atom. The topological polar surface area (TPSA) is 0 Å². The Morgan fingerprint density at radius 1 is 0.667 bits per heavy atom. The second-order valence-corrected chi connectivity index (χ2v) is 5.37. The van der Waals surface area contributed by atoms with Crippen molar-refractivity contribution in [1.29, 1.82) is 0 Å². The molecule has 0 unspecified atom stereocenters. The molecule has 0 N–H and O–H groups in total. The van der Waals surface area contributed by atoms with Crippen molar-refractivity contribution in [2.24, 2.45) is 0 Å². The molecule has 15 heavy (non-hydrogen) atoms. The molecule has 3 aromatic carbocycles. The van der Waals surface area contributed by atoms with Gasteiger partial charge in [0, 0.05) is 0 Å². The molecule has 0 heterocycles. The fourth-order valence-corrected chi connectivity index (χ4v) is 2.69. The molecule has 0 aliphatic carbocycles. The van der Waals surface area contributed by atoms with Gasteiger partial charge in [0.2, 0.25) is 0 Å². The molecule has 3 aromatic rings. The van der Waals surface area contributed by atoms with E-state index in [1.807, 2.05) is 0 Å². The summed E-state index contributed by atoms with van der Waals surface area (Å²) in [7, 11) is 0. The zero-order chi connectivity index (χ0) is 10.3. The Kier molecular flexibility index (Phi) is 2.17. The van der Waals surface area contributed by atoms with Crippen molar-refractivity contribution >= 4 is 47.6 Å². The number of fused-ring (bicyclic) bond motifs is 3. The van der Waals surface area contributed by atoms with Gasteiger partial charge in [0.1, 0.15) is 0 Å². The zero-order valence-corrected chi connectivity index (χ0v) is 11.1. The van der Waals surface area contributed by atoms with E-state index in [-0.39, 0.29) is 0 Å². The first-order valence-electron chi connectivity index (χ1n) is 4.98. The molecule has 0 aliphatic rings. The number of hydrogen-bond donors (Lipinski definition) is 0. The van der Waals surface area contributed by atoms with Crippen molar-refractivity contribution in [3.63, 3.8) is 0 Å². The molecule has 3 rings (SSSR count). The maximum atomic E-state index is 2.28. The fraction of sp³-hybridized carbons (Fsp3) is 0. The molecular formula is C14H9Sn. The van der Waals surface area contributed by atoms with Gasteiger partial charge in [0.05, 0.1) is 0 Å². The van der Waals surface area contributed by atoms with Gasteiger partial charge >= 0.3 is 102 Å². The van der Waals surface area contributed by atoms with Gasteiger partial charge in [-0.3, -0.25) is 0 Å². The summed E-state index contributed by atoms with van der Waals surface area (Å²) < 4.78 is 1.41. The van der Waals surface area contributed by atoms with Gasteiger partial charge in [-0.25, -0.2) is 0 Å². The van der Waals surface area contributed by atoms with Crippen LogP contribution in [-0.4, -0.2) is 22.5 Å². The van der Waals surface area contributed by atoms with Crippen LogP contribution in [-0.2, 0) is 0 Å². The molecule has 0 spiro atoms. The van der Waals surface area contributed by atoms with Crippen molar-refractivity contribution < 1.29 is 0 Å². The van der Waals surface area contributed by atoms with Crippen LogP contribution in [0.25, 0.3) is 21.5 Å². The van der Waals surface area contributed by atoms with Crippen LogP contribution in [0.3, 0.4) is 0 Å². The normalized spacial score (nSPS) is 11.0. The van der Waals surface area contributed by atoms with E-state index in [1.54, 1.807) is 0 Å². The van der Waals surface area contributed by atoms with Crippen LogP contribution in [0.15, 0.2) is 54.6 Å². The molecule has 0 saturated carbocycles. The first kappa shape index (κ1) is 9.22. The molecule has 3 radical (unpaired) electrons. The van der Waals surface area contributed by atoms with Crippen LogP contribution in [0.2, 0.25) is 0 Å². The van der Waals surface area contributed by atoms with Gasteiger partial charge in [-0.15, -0.1) is 0 Å². The van der Waals surface area contributed by atoms with E-state index in [1.165, 1.54) is 47.6 Å². The predicted octanol–water partition coefficient (Wildman–Crippen LogP) is 2.79. The third-order valence-electron chi connectivity index (χ3n) is 2.74. The van der Waals surface area contributed by atoms with Gasteiger partial charge in [-0.1, -0.05) is 0 Å². The molecule has 0 bridgehead atoms. The third-order valence-corrected chi connectivity index (χ3v) is 3.63. The summed E-state index contributed by atoms with van der Waals surface area (Å²) in [6.45, 7) is 0. The van der Waals surface area contributed by atoms with Gasteiger partial charge < -0.3 is 0 Å². The first-order valence-corrected chi connectivity index (χ1v) is 6.40. The molecule has 1 heteroatoms. The molecule has 0 nitrogen and oxygen atoms in total. The van der Waals surface area contributed by atoms with Crippen LogP contribution >= 0.6 is 0 Å². The Labute approximate surface area is 102 Å². The van der Waals surface area contributed by atoms with Crippen LogP contribution in [0.5, 0.6) is 0 Å². The van der Waals surface area contributed by atoms with Gasteiger partial charge in [0.25, 0.3) is 0 Å². The Hall–Kier alpha value is -1.02. The Balaban J connectivity index is 2.55. The number of rotatable bonds is 0. The minimum atomic E-state index is 1.32. The predicted molar refractivity (Wildman–Crippen MR) is 66.8 cm³/mol. The van der Waals surface area contributed by atoms with Crippen molar-refractivity contribution in [2.75, 3.05) is 0 Å². The summed E-state index contributed by atoms with van der Waals surface area (Å²) in [5.74, 6) is 0. The monoisotopic (exact) mass is 297 g/mol. The summed E-state index contributed by atoms with van der Waals surface area (Å²) in [5, 5.41) is 5.38. The van der Waals surface area contributed by atoms with Gasteiger partial charge in [-0.2, -0.15) is 0 Å². The van der Waals surface area contributed by atoms with Gasteiger partial charge in [0.15, 0.2) is 0 Å². The van der Waals surface area contributed by atoms with E-state index >= 15 is 0 Å². The fourth-order valence-electron chi connectivity index (χ4n) is 2.01. The molecular weight excluding hydrogens is 287 g/mol. The summed E-state index contributed by atoms with van der Waals surface area (Å²) in [4.78, 5) is 0. The Bertz CT molecular complexity index is 641. The quantitative estimate of drug-likeness (QED) is 0.442. The van der Waals surface area contributed by atoms with Crippen molar-refractivity contribution in [2.45, 2.75) is 0 Å². The SMILES string of the molecule is [Sn][c]1ccc2c(ccc3ccccc32)c1. The third kappa shape index (κ3) is 1.53. The number of hydrogen-bond acceptors (Lipinski definition) is 0. The van der Waals surface area contributed by atoms with Crippen LogP contribution in [0, 0.1) is 0 Å². The van der Waals surface area contributed by atoms with Crippen LogP contribution in [0.4, 0.5) is 0 Å². The van der Waals surface area contributed by atoms with Crippen LogP contribution < -0.4 is 3.58 Å². The molecule has 0 atom stereocenters. The average molecular weight is 296 g/mol. The number of benzene rings is 3. The summed E-state index contributed by atoms with van der Waals surface area (Å²) in [6.07, 6.45) is 0. The summed E-state index contributed by atoms with van der Waals surface area (Å²) >= 11 is 1.48. The van der Waals surface area contributed by atoms with E-state index in [0.29, 0.717) is 0 Å². The van der Waals surface area contributed by atoms with E-state index in [4.69, 9.17) is 0 Å². The van der Waals surface area contributed by atoms with E-state index < -0.39 is 0 Å². The molecule has 0 amide bonds. The van der Waals surface area contributed by atoms with E-state index in [0.717, 1.165) is 0 Å². The van der Waals surface area contributed by atoms with E-state index in [2.05, 4.69) is 54.6 Å². The molecule has 0 aromatic heterocycles. The van der Waals surface area contributed by atoms with Crippen molar-refractivity contribution in [3.8, 4) is 0 Å². The first-order chi connectivity index (χ1) is 7.34. The van der Waals surface area contributed by atoms with Crippen molar-refractivity contribution in [1.82, 2.24) is 0 Å². The van der Waals surface area contributed by atoms with Gasteiger partial charge in [-0.05, 0) is 0 Å². The molecule has 0 aliphatic heterocycles. The molecule has 0 fully saturated rings. The second-order valence-electron chi connectivity index (χ2n) is 3.72. The van der Waals surface area contributed by atoms with E-state index in [9.17, 15) is 0 Å². The van der Waals surface area contributed by atoms with Crippen LogP contribution in [0.1, 0.15) is 0 Å². The Morgan fingerprint density at radius 2 is 1.40 bits per heavy atom. The molecule has 0 saturated heterocycles. The summed E-state index contributed by atoms with van der Waals surface area (Å²) in [6, 6.07) is 19.7. The standard InChI is InChI=1S/C14H9.Sn/c1-3-7-13-11(5-1)9-10-12-6-2-4-8-14(12)13;/h1,3-10H;. The average Bonchev–Trinajstić information content (AvgIpc) is 2.28. The van der Waals surface area contributed by atoms with Crippen molar-refractivity contribution in [3.05, 3.63) is 54.6 Å². The second kappa shape index (κ2) is 3.53. The molecule has 69 valence electrons. The zero-order valence-electron chi connectivity index (χ0n) is 8.20.